The highest BCUT2D eigenvalue weighted by Crippen LogP contribution is 2.18. The van der Waals surface area contributed by atoms with Crippen molar-refractivity contribution in [1.82, 2.24) is 0 Å². The van der Waals surface area contributed by atoms with E-state index in [9.17, 15) is 4.79 Å². The highest BCUT2D eigenvalue weighted by atomic mass is 16.5. The number of esters is 1. The van der Waals surface area contributed by atoms with Crippen LogP contribution in [0.5, 0.6) is 0 Å². The summed E-state index contributed by atoms with van der Waals surface area (Å²) in [7, 11) is 0. The molecular weight excluding hydrogens is 128 g/mol. The summed E-state index contributed by atoms with van der Waals surface area (Å²) in [4.78, 5) is 10.6. The van der Waals surface area contributed by atoms with Crippen LogP contribution in [0, 0.1) is 5.92 Å². The number of carbonyl (C=O) groups is 1. The molecule has 0 bridgehead atoms. The standard InChI is InChI=1S/C8H14O2/c1-2-3-7-4-5-8(9)10-6-7/h7H,2-6H2,1H3. The molecule has 0 saturated carbocycles. The van der Waals surface area contributed by atoms with E-state index in [1.54, 1.807) is 0 Å². The molecule has 1 aliphatic heterocycles. The van der Waals surface area contributed by atoms with Crippen LogP contribution in [0.2, 0.25) is 0 Å². The fourth-order valence-electron chi connectivity index (χ4n) is 1.32. The van der Waals surface area contributed by atoms with E-state index in [1.165, 1.54) is 12.8 Å². The SMILES string of the molecule is CCCC1CCC(=O)OC1. The van der Waals surface area contributed by atoms with Crippen molar-refractivity contribution in [2.45, 2.75) is 32.6 Å². The van der Waals surface area contributed by atoms with E-state index in [1.807, 2.05) is 0 Å². The van der Waals surface area contributed by atoms with E-state index in [0.717, 1.165) is 6.42 Å². The monoisotopic (exact) mass is 142 g/mol. The molecule has 58 valence electrons. The number of hydrogen-bond acceptors (Lipinski definition) is 2. The summed E-state index contributed by atoms with van der Waals surface area (Å²) in [5.41, 5.74) is 0. The molecule has 0 radical (unpaired) electrons. The Hall–Kier alpha value is -0.530. The molecule has 1 heterocycles. The Labute approximate surface area is 61.6 Å². The van der Waals surface area contributed by atoms with E-state index in [0.29, 0.717) is 18.9 Å². The van der Waals surface area contributed by atoms with Crippen molar-refractivity contribution >= 4 is 5.97 Å². The summed E-state index contributed by atoms with van der Waals surface area (Å²) in [6, 6.07) is 0. The van der Waals surface area contributed by atoms with Crippen LogP contribution >= 0.6 is 0 Å². The Balaban J connectivity index is 2.19. The Morgan fingerprint density at radius 1 is 1.70 bits per heavy atom. The van der Waals surface area contributed by atoms with Crippen molar-refractivity contribution in [3.05, 3.63) is 0 Å². The lowest BCUT2D eigenvalue weighted by Gasteiger charge is -2.20. The summed E-state index contributed by atoms with van der Waals surface area (Å²) in [5, 5.41) is 0. The van der Waals surface area contributed by atoms with Gasteiger partial charge in [0.15, 0.2) is 0 Å². The molecule has 0 amide bonds. The Bertz CT molecular complexity index is 110. The Morgan fingerprint density at radius 2 is 2.50 bits per heavy atom. The summed E-state index contributed by atoms with van der Waals surface area (Å²) >= 11 is 0. The predicted molar refractivity (Wildman–Crippen MR) is 38.6 cm³/mol. The predicted octanol–water partition coefficient (Wildman–Crippen LogP) is 1.74. The van der Waals surface area contributed by atoms with Gasteiger partial charge in [-0.1, -0.05) is 13.3 Å². The molecule has 1 rings (SSSR count). The number of cyclic esters (lactones) is 1. The van der Waals surface area contributed by atoms with Gasteiger partial charge in [0.05, 0.1) is 6.61 Å². The van der Waals surface area contributed by atoms with Gasteiger partial charge in [-0.15, -0.1) is 0 Å². The lowest BCUT2D eigenvalue weighted by Crippen LogP contribution is -2.21. The van der Waals surface area contributed by atoms with Crippen LogP contribution in [0.1, 0.15) is 32.6 Å². The Kier molecular flexibility index (Phi) is 2.72. The third kappa shape index (κ3) is 2.01. The van der Waals surface area contributed by atoms with Crippen LogP contribution in [0.15, 0.2) is 0 Å². The summed E-state index contributed by atoms with van der Waals surface area (Å²) in [6.45, 7) is 2.82. The summed E-state index contributed by atoms with van der Waals surface area (Å²) in [5.74, 6) is 0.620. The second-order valence-corrected chi connectivity index (χ2v) is 2.88. The molecule has 0 aliphatic carbocycles. The van der Waals surface area contributed by atoms with Crippen molar-refractivity contribution in [2.24, 2.45) is 5.92 Å². The smallest absolute Gasteiger partial charge is 0.305 e. The van der Waals surface area contributed by atoms with Gasteiger partial charge in [0.25, 0.3) is 0 Å². The topological polar surface area (TPSA) is 26.3 Å². The van der Waals surface area contributed by atoms with Crippen LogP contribution < -0.4 is 0 Å². The normalized spacial score (nSPS) is 26.1. The average Bonchev–Trinajstić information content (AvgIpc) is 1.95. The lowest BCUT2D eigenvalue weighted by atomic mass is 9.97. The average molecular weight is 142 g/mol. The maximum absolute atomic E-state index is 10.6. The molecule has 0 aromatic carbocycles. The zero-order valence-corrected chi connectivity index (χ0v) is 6.43. The Morgan fingerprint density at radius 3 is 3.00 bits per heavy atom. The molecule has 1 unspecified atom stereocenters. The van der Waals surface area contributed by atoms with E-state index in [2.05, 4.69) is 6.92 Å². The number of hydrogen-bond donors (Lipinski definition) is 0. The van der Waals surface area contributed by atoms with Gasteiger partial charge in [-0.25, -0.2) is 0 Å². The van der Waals surface area contributed by atoms with Crippen LogP contribution in [-0.4, -0.2) is 12.6 Å². The molecule has 10 heavy (non-hydrogen) atoms. The molecule has 1 fully saturated rings. The van der Waals surface area contributed by atoms with Crippen molar-refractivity contribution in [2.75, 3.05) is 6.61 Å². The van der Waals surface area contributed by atoms with Crippen LogP contribution in [0.4, 0.5) is 0 Å². The first-order chi connectivity index (χ1) is 4.83. The first-order valence-electron chi connectivity index (χ1n) is 3.98. The fraction of sp³-hybridized carbons (Fsp3) is 0.875. The van der Waals surface area contributed by atoms with E-state index in [4.69, 9.17) is 4.74 Å². The van der Waals surface area contributed by atoms with Crippen LogP contribution in [-0.2, 0) is 9.53 Å². The third-order valence-electron chi connectivity index (χ3n) is 1.93. The zero-order valence-electron chi connectivity index (χ0n) is 6.43. The molecule has 1 aliphatic rings. The van der Waals surface area contributed by atoms with Crippen LogP contribution in [0.25, 0.3) is 0 Å². The van der Waals surface area contributed by atoms with Gasteiger partial charge in [0.1, 0.15) is 0 Å². The minimum atomic E-state index is -0.0210. The molecule has 1 saturated heterocycles. The minimum absolute atomic E-state index is 0.0210. The van der Waals surface area contributed by atoms with Crippen molar-refractivity contribution < 1.29 is 9.53 Å². The maximum Gasteiger partial charge on any atom is 0.305 e. The number of rotatable bonds is 2. The quantitative estimate of drug-likeness (QED) is 0.549. The van der Waals surface area contributed by atoms with Gasteiger partial charge in [-0.2, -0.15) is 0 Å². The molecule has 2 heteroatoms. The van der Waals surface area contributed by atoms with Gasteiger partial charge in [-0.3, -0.25) is 4.79 Å². The molecular formula is C8H14O2. The van der Waals surface area contributed by atoms with E-state index < -0.39 is 0 Å². The van der Waals surface area contributed by atoms with Gasteiger partial charge < -0.3 is 4.74 Å². The largest absolute Gasteiger partial charge is 0.465 e. The van der Waals surface area contributed by atoms with E-state index in [-0.39, 0.29) is 5.97 Å². The number of carbonyl (C=O) groups excluding carboxylic acids is 1. The van der Waals surface area contributed by atoms with Crippen LogP contribution in [0.3, 0.4) is 0 Å². The lowest BCUT2D eigenvalue weighted by molar-refractivity contribution is -0.149. The first kappa shape index (κ1) is 7.58. The van der Waals surface area contributed by atoms with Crippen molar-refractivity contribution in [3.63, 3.8) is 0 Å². The highest BCUT2D eigenvalue weighted by Gasteiger charge is 2.18. The van der Waals surface area contributed by atoms with Crippen molar-refractivity contribution in [3.8, 4) is 0 Å². The molecule has 1 atom stereocenters. The summed E-state index contributed by atoms with van der Waals surface area (Å²) < 4.78 is 4.90. The molecule has 2 nitrogen and oxygen atoms in total. The molecule has 0 aromatic rings. The van der Waals surface area contributed by atoms with Gasteiger partial charge >= 0.3 is 5.97 Å². The van der Waals surface area contributed by atoms with E-state index >= 15 is 0 Å². The molecule has 0 spiro atoms. The van der Waals surface area contributed by atoms with Gasteiger partial charge in [0.2, 0.25) is 0 Å². The van der Waals surface area contributed by atoms with Gasteiger partial charge in [0, 0.05) is 6.42 Å². The highest BCUT2D eigenvalue weighted by molar-refractivity contribution is 5.69. The zero-order chi connectivity index (χ0) is 7.40. The first-order valence-corrected chi connectivity index (χ1v) is 3.98. The second-order valence-electron chi connectivity index (χ2n) is 2.88. The molecule has 0 N–H and O–H groups in total. The second kappa shape index (κ2) is 3.59. The maximum atomic E-state index is 10.6. The minimum Gasteiger partial charge on any atom is -0.465 e. The fourth-order valence-corrected chi connectivity index (χ4v) is 1.32. The number of ether oxygens (including phenoxy) is 1. The third-order valence-corrected chi connectivity index (χ3v) is 1.93. The van der Waals surface area contributed by atoms with Crippen molar-refractivity contribution in [1.29, 1.82) is 0 Å². The van der Waals surface area contributed by atoms with Gasteiger partial charge in [-0.05, 0) is 18.8 Å². The summed E-state index contributed by atoms with van der Waals surface area (Å²) in [6.07, 6.45) is 4.06. The molecule has 0 aromatic heterocycles.